The highest BCUT2D eigenvalue weighted by Crippen LogP contribution is 2.64. The van der Waals surface area contributed by atoms with Gasteiger partial charge in [0.2, 0.25) is 0 Å². The Kier molecular flexibility index (Phi) is 7.02. The predicted octanol–water partition coefficient (Wildman–Crippen LogP) is 6.53. The van der Waals surface area contributed by atoms with Crippen molar-refractivity contribution in [3.05, 3.63) is 38.9 Å². The summed E-state index contributed by atoms with van der Waals surface area (Å²) in [6, 6.07) is 0. The average Bonchev–Trinajstić information content (AvgIpc) is 2.84. The molecule has 0 spiro atoms. The molecule has 3 aromatic rings. The van der Waals surface area contributed by atoms with Crippen LogP contribution in [0.15, 0.2) is 12.5 Å². The number of rotatable bonds is 2. The van der Waals surface area contributed by atoms with Gasteiger partial charge in [-0.3, -0.25) is 0 Å². The Labute approximate surface area is 195 Å². The Hall–Kier alpha value is 0.230. The number of hydrogen-bond acceptors (Lipinski definition) is 4. The number of aryl methyl sites for hydroxylation is 2. The molecule has 0 unspecified atom stereocenters. The molecule has 0 bridgehead atoms. The third kappa shape index (κ3) is 3.99. The fourth-order valence-electron chi connectivity index (χ4n) is 2.65. The van der Waals surface area contributed by atoms with E-state index in [1.54, 1.807) is 19.4 Å². The molecule has 0 aromatic carbocycles. The second-order valence-corrected chi connectivity index (χ2v) is 24.1. The van der Waals surface area contributed by atoms with Gasteiger partial charge in [0.25, 0.3) is 0 Å². The predicted molar refractivity (Wildman–Crippen MR) is 133 cm³/mol. The van der Waals surface area contributed by atoms with E-state index in [1.807, 2.05) is 18.5 Å². The summed E-state index contributed by atoms with van der Waals surface area (Å²) in [7, 11) is 1.93. The van der Waals surface area contributed by atoms with Crippen molar-refractivity contribution >= 4 is 91.5 Å². The zero-order valence-electron chi connectivity index (χ0n) is 13.8. The van der Waals surface area contributed by atoms with Crippen LogP contribution in [0.3, 0.4) is 0 Å². The Morgan fingerprint density at radius 1 is 1.23 bits per heavy atom. The summed E-state index contributed by atoms with van der Waals surface area (Å²) < 4.78 is 17.6. The molecule has 0 saturated heterocycles. The van der Waals surface area contributed by atoms with Crippen molar-refractivity contribution in [1.29, 1.82) is 0 Å². The fourth-order valence-corrected chi connectivity index (χ4v) is 6.26. The zero-order valence-corrected chi connectivity index (χ0v) is 22.0. The molecule has 3 heterocycles. The van der Waals surface area contributed by atoms with Crippen LogP contribution in [0.5, 0.6) is 0 Å². The highest BCUT2D eigenvalue weighted by Gasteiger charge is 2.21. The van der Waals surface area contributed by atoms with E-state index >= 15 is 0 Å². The molecule has 3 rings (SSSR count). The van der Waals surface area contributed by atoms with Crippen LogP contribution in [0.1, 0.15) is 17.0 Å². The van der Waals surface area contributed by atoms with E-state index in [-0.39, 0.29) is 13.9 Å². The van der Waals surface area contributed by atoms with Crippen molar-refractivity contribution in [3.8, 4) is 22.4 Å². The normalized spacial score (nSPS) is 11.1. The number of aromatic nitrogens is 4. The molecule has 0 atom stereocenters. The number of halogens is 4. The van der Waals surface area contributed by atoms with Crippen molar-refractivity contribution in [2.75, 3.05) is 0 Å². The van der Waals surface area contributed by atoms with Crippen molar-refractivity contribution in [1.82, 2.24) is 19.5 Å². The summed E-state index contributed by atoms with van der Waals surface area (Å²) in [5.74, 6) is 2.46. The molecule has 0 saturated carbocycles. The molecule has 3 aromatic heterocycles. The summed E-state index contributed by atoms with van der Waals surface area (Å²) >= 11 is 8.40. The van der Waals surface area contributed by atoms with Crippen LogP contribution in [0.25, 0.3) is 22.3 Å². The Bertz CT molecular complexity index is 1080. The van der Waals surface area contributed by atoms with Crippen molar-refractivity contribution in [3.63, 3.8) is 0 Å². The van der Waals surface area contributed by atoms with Gasteiger partial charge in [-0.15, -0.1) is 0 Å². The highest BCUT2D eigenvalue weighted by molar-refractivity contribution is 14.3. The van der Waals surface area contributed by atoms with Gasteiger partial charge in [0, 0.05) is 18.8 Å². The van der Waals surface area contributed by atoms with E-state index in [0.717, 1.165) is 31.6 Å². The molecule has 10 heteroatoms. The van der Waals surface area contributed by atoms with Crippen molar-refractivity contribution in [2.24, 2.45) is 7.05 Å². The van der Waals surface area contributed by atoms with E-state index in [0.29, 0.717) is 5.56 Å². The number of hydrogen-bond donors (Lipinski definition) is 0. The maximum Gasteiger partial charge on any atom is 0.161 e. The van der Waals surface area contributed by atoms with Crippen LogP contribution < -0.4 is 0 Å². The van der Waals surface area contributed by atoms with E-state index in [4.69, 9.17) is 0 Å². The summed E-state index contributed by atoms with van der Waals surface area (Å²) in [5.41, 5.74) is 4.10. The molecule has 0 aliphatic heterocycles. The standard InChI is InChI=1S/C16H11FI3N4PS/c1-8-10(6-21-11(13(8)17)4-5-26-25(19)20)15-14(18)12-9(2)22-7-23-16(12)24(15)3/h6-7H,1-3H3. The minimum Gasteiger partial charge on any atom is -0.327 e. The fraction of sp³-hybridized carbons (Fsp3) is 0.188. The van der Waals surface area contributed by atoms with Gasteiger partial charge < -0.3 is 4.57 Å². The van der Waals surface area contributed by atoms with Crippen LogP contribution >= 0.6 is 80.5 Å². The molecule has 0 aliphatic carbocycles. The third-order valence-corrected chi connectivity index (χ3v) is 9.52. The molecule has 0 radical (unpaired) electrons. The minimum atomic E-state index is -0.370. The molecule has 26 heavy (non-hydrogen) atoms. The van der Waals surface area contributed by atoms with Crippen LogP contribution in [0.4, 0.5) is 4.39 Å². The third-order valence-electron chi connectivity index (χ3n) is 3.90. The van der Waals surface area contributed by atoms with Crippen LogP contribution in [-0.2, 0) is 7.05 Å². The summed E-state index contributed by atoms with van der Waals surface area (Å²) in [4.78, 5) is 12.9. The number of fused-ring (bicyclic) bond motifs is 1. The lowest BCUT2D eigenvalue weighted by atomic mass is 10.1. The Morgan fingerprint density at radius 3 is 2.62 bits per heavy atom. The highest BCUT2D eigenvalue weighted by atomic mass is 127. The van der Waals surface area contributed by atoms with Gasteiger partial charge in [-0.1, -0.05) is 0 Å². The Balaban J connectivity index is 2.17. The first kappa shape index (κ1) is 21.0. The van der Waals surface area contributed by atoms with Crippen molar-refractivity contribution < 1.29 is 4.39 Å². The van der Waals surface area contributed by atoms with Gasteiger partial charge in [0.15, 0.2) is 5.82 Å². The lowest BCUT2D eigenvalue weighted by Crippen LogP contribution is -2.01. The molecule has 134 valence electrons. The van der Waals surface area contributed by atoms with Crippen molar-refractivity contribution in [2.45, 2.75) is 13.8 Å². The quantitative estimate of drug-likeness (QED) is 0.172. The van der Waals surface area contributed by atoms with Gasteiger partial charge in [-0.05, 0) is 109 Å². The molecule has 0 aliphatic rings. The lowest BCUT2D eigenvalue weighted by Gasteiger charge is -2.10. The van der Waals surface area contributed by atoms with E-state index < -0.39 is 0 Å². The van der Waals surface area contributed by atoms with E-state index in [9.17, 15) is 4.39 Å². The number of pyridine rings is 1. The topological polar surface area (TPSA) is 43.6 Å². The Morgan fingerprint density at radius 2 is 1.96 bits per heavy atom. The second kappa shape index (κ2) is 8.71. The summed E-state index contributed by atoms with van der Waals surface area (Å²) in [6.07, 6.45) is 3.25. The van der Waals surface area contributed by atoms with Gasteiger partial charge in [0.1, 0.15) is 17.7 Å². The van der Waals surface area contributed by atoms with E-state index in [1.165, 1.54) is 11.4 Å². The smallest absolute Gasteiger partial charge is 0.161 e. The maximum absolute atomic E-state index is 14.9. The van der Waals surface area contributed by atoms with Gasteiger partial charge >= 0.3 is 0 Å². The van der Waals surface area contributed by atoms with Gasteiger partial charge in [-0.2, -0.15) is 0 Å². The minimum absolute atomic E-state index is 0.188. The van der Waals surface area contributed by atoms with Gasteiger partial charge in [0.05, 0.1) is 22.8 Å². The van der Waals surface area contributed by atoms with E-state index in [2.05, 4.69) is 92.8 Å². The van der Waals surface area contributed by atoms with Crippen LogP contribution in [-0.4, -0.2) is 19.5 Å². The lowest BCUT2D eigenvalue weighted by molar-refractivity contribution is 0.608. The summed E-state index contributed by atoms with van der Waals surface area (Å²) in [6.45, 7) is 3.72. The maximum atomic E-state index is 14.9. The van der Waals surface area contributed by atoms with Crippen LogP contribution in [0, 0.1) is 34.4 Å². The first-order valence-electron chi connectivity index (χ1n) is 7.23. The van der Waals surface area contributed by atoms with Gasteiger partial charge in [-0.25, -0.2) is 19.3 Å². The molecule has 0 N–H and O–H groups in total. The largest absolute Gasteiger partial charge is 0.327 e. The SMILES string of the molecule is Cc1c(-c2c(I)c3c(C)ncnc3n2C)cnc(C#CSP(I)I)c1F. The van der Waals surface area contributed by atoms with Crippen LogP contribution in [0.2, 0.25) is 0 Å². The summed E-state index contributed by atoms with van der Waals surface area (Å²) in [5, 5.41) is 3.92. The average molecular weight is 722 g/mol. The molecule has 0 fully saturated rings. The second-order valence-electron chi connectivity index (χ2n) is 5.36. The molecule has 4 nitrogen and oxygen atoms in total. The monoisotopic (exact) mass is 722 g/mol. The first-order valence-corrected chi connectivity index (χ1v) is 16.6. The molecular formula is C16H11FI3N4PS. The first-order chi connectivity index (χ1) is 12.3. The molecule has 0 amide bonds. The molecular weight excluding hydrogens is 711 g/mol. The zero-order chi connectivity index (χ0) is 19.0. The number of nitrogens with zero attached hydrogens (tertiary/aromatic N) is 4.